The van der Waals surface area contributed by atoms with Gasteiger partial charge in [0.2, 0.25) is 0 Å². The van der Waals surface area contributed by atoms with E-state index < -0.39 is 5.97 Å². The zero-order valence-corrected chi connectivity index (χ0v) is 14.8. The molecule has 0 aliphatic carbocycles. The molecule has 25 heavy (non-hydrogen) atoms. The summed E-state index contributed by atoms with van der Waals surface area (Å²) in [6.45, 7) is 2.04. The Bertz CT molecular complexity index is 762. The van der Waals surface area contributed by atoms with Crippen LogP contribution in [0.3, 0.4) is 0 Å². The highest BCUT2D eigenvalue weighted by Gasteiger charge is 2.16. The van der Waals surface area contributed by atoms with Gasteiger partial charge in [-0.1, -0.05) is 6.08 Å². The molecule has 1 aromatic carbocycles. The van der Waals surface area contributed by atoms with Crippen molar-refractivity contribution in [2.24, 2.45) is 0 Å². The second kappa shape index (κ2) is 9.12. The summed E-state index contributed by atoms with van der Waals surface area (Å²) < 4.78 is 19.7. The van der Waals surface area contributed by atoms with Gasteiger partial charge in [-0.25, -0.2) is 13.9 Å². The van der Waals surface area contributed by atoms with E-state index in [1.165, 1.54) is 36.2 Å². The van der Waals surface area contributed by atoms with Crippen LogP contribution < -0.4 is 5.32 Å². The number of nitrogens with zero attached hydrogens (tertiary/aromatic N) is 2. The zero-order chi connectivity index (χ0) is 18.2. The number of thioether (sulfide) groups is 1. The number of hydrogen-bond acceptors (Lipinski definition) is 6. The minimum Gasteiger partial charge on any atom is -0.508 e. The van der Waals surface area contributed by atoms with E-state index >= 15 is 0 Å². The van der Waals surface area contributed by atoms with Crippen LogP contribution in [0.25, 0.3) is 6.20 Å². The molecule has 0 bridgehead atoms. The van der Waals surface area contributed by atoms with Crippen LogP contribution in [0.5, 0.6) is 5.75 Å². The molecule has 8 heteroatoms. The number of carbonyl (C=O) groups is 1. The molecule has 0 radical (unpaired) electrons. The average Bonchev–Trinajstić information content (AvgIpc) is 3.00. The largest absolute Gasteiger partial charge is 0.508 e. The molecule has 0 atom stereocenters. The second-order valence-corrected chi connectivity index (χ2v) is 6.03. The SMILES string of the molecule is CCOC(=O)c1cnn(/C=C\CSCc2cc(F)ccc2O)c1NC. The predicted octanol–water partition coefficient (Wildman–Crippen LogP) is 3.35. The number of esters is 1. The number of nitrogens with one attached hydrogen (secondary N) is 1. The molecule has 0 fully saturated rings. The van der Waals surface area contributed by atoms with Crippen LogP contribution in [-0.4, -0.2) is 40.3 Å². The Kier molecular flexibility index (Phi) is 6.88. The van der Waals surface area contributed by atoms with E-state index in [0.717, 1.165) is 0 Å². The number of carbonyl (C=O) groups excluding carboxylic acids is 1. The van der Waals surface area contributed by atoms with Crippen LogP contribution in [0, 0.1) is 5.82 Å². The van der Waals surface area contributed by atoms with Crippen LogP contribution in [0.4, 0.5) is 10.2 Å². The molecule has 0 unspecified atom stereocenters. The van der Waals surface area contributed by atoms with Crippen molar-refractivity contribution in [1.29, 1.82) is 0 Å². The normalized spacial score (nSPS) is 11.0. The Morgan fingerprint density at radius 3 is 3.04 bits per heavy atom. The van der Waals surface area contributed by atoms with Crippen molar-refractivity contribution in [1.82, 2.24) is 9.78 Å². The van der Waals surface area contributed by atoms with Gasteiger partial charge in [-0.3, -0.25) is 0 Å². The van der Waals surface area contributed by atoms with E-state index in [0.29, 0.717) is 35.1 Å². The molecule has 0 spiro atoms. The van der Waals surface area contributed by atoms with Gasteiger partial charge >= 0.3 is 5.97 Å². The number of anilines is 1. The van der Waals surface area contributed by atoms with Gasteiger partial charge in [0.1, 0.15) is 22.9 Å². The van der Waals surface area contributed by atoms with Gasteiger partial charge in [0.15, 0.2) is 0 Å². The molecule has 0 aliphatic heterocycles. The van der Waals surface area contributed by atoms with E-state index in [2.05, 4.69) is 10.4 Å². The third-order valence-electron chi connectivity index (χ3n) is 3.29. The summed E-state index contributed by atoms with van der Waals surface area (Å²) in [6, 6.07) is 3.90. The molecule has 134 valence electrons. The maximum absolute atomic E-state index is 13.2. The Labute approximate surface area is 149 Å². The van der Waals surface area contributed by atoms with E-state index in [1.54, 1.807) is 24.9 Å². The molecule has 0 saturated heterocycles. The molecule has 2 aromatic rings. The summed E-state index contributed by atoms with van der Waals surface area (Å²) in [7, 11) is 1.70. The average molecular weight is 365 g/mol. The molecule has 2 N–H and O–H groups in total. The van der Waals surface area contributed by atoms with Gasteiger partial charge in [0, 0.05) is 30.3 Å². The zero-order valence-electron chi connectivity index (χ0n) is 14.0. The van der Waals surface area contributed by atoms with Gasteiger partial charge in [0.25, 0.3) is 0 Å². The fourth-order valence-corrected chi connectivity index (χ4v) is 2.92. The van der Waals surface area contributed by atoms with Gasteiger partial charge in [-0.15, -0.1) is 0 Å². The maximum Gasteiger partial charge on any atom is 0.343 e. The summed E-state index contributed by atoms with van der Waals surface area (Å²) in [4.78, 5) is 11.8. The topological polar surface area (TPSA) is 76.4 Å². The molecule has 1 aromatic heterocycles. The number of aromatic hydroxyl groups is 1. The Balaban J connectivity index is 1.94. The monoisotopic (exact) mass is 365 g/mol. The van der Waals surface area contributed by atoms with Crippen molar-refractivity contribution >= 4 is 29.7 Å². The number of rotatable bonds is 8. The molecule has 2 rings (SSSR count). The third kappa shape index (κ3) is 4.99. The van der Waals surface area contributed by atoms with Crippen molar-refractivity contribution in [3.8, 4) is 5.75 Å². The quantitative estimate of drug-likeness (QED) is 0.552. The number of hydrogen-bond donors (Lipinski definition) is 2. The highest BCUT2D eigenvalue weighted by Crippen LogP contribution is 2.23. The highest BCUT2D eigenvalue weighted by molar-refractivity contribution is 7.98. The van der Waals surface area contributed by atoms with E-state index in [1.807, 2.05) is 6.08 Å². The Morgan fingerprint density at radius 1 is 1.52 bits per heavy atom. The molecular formula is C17H20FN3O3S. The lowest BCUT2D eigenvalue weighted by atomic mass is 10.2. The number of halogens is 1. The fraction of sp³-hybridized carbons (Fsp3) is 0.294. The van der Waals surface area contributed by atoms with Gasteiger partial charge in [-0.05, 0) is 25.1 Å². The van der Waals surface area contributed by atoms with E-state index in [-0.39, 0.29) is 11.6 Å². The van der Waals surface area contributed by atoms with Gasteiger partial charge < -0.3 is 15.2 Å². The van der Waals surface area contributed by atoms with E-state index in [9.17, 15) is 14.3 Å². The lowest BCUT2D eigenvalue weighted by molar-refractivity contribution is 0.0527. The van der Waals surface area contributed by atoms with Crippen LogP contribution >= 0.6 is 11.8 Å². The first-order valence-electron chi connectivity index (χ1n) is 7.71. The molecule has 0 saturated carbocycles. The summed E-state index contributed by atoms with van der Waals surface area (Å²) in [5, 5.41) is 16.7. The number of phenolic OH excluding ortho intramolecular Hbond substituents is 1. The summed E-state index contributed by atoms with van der Waals surface area (Å²) >= 11 is 1.52. The third-order valence-corrected chi connectivity index (χ3v) is 4.23. The van der Waals surface area contributed by atoms with Crippen molar-refractivity contribution in [3.05, 3.63) is 47.4 Å². The minimum atomic E-state index is -0.428. The number of aromatic nitrogens is 2. The van der Waals surface area contributed by atoms with Crippen molar-refractivity contribution in [3.63, 3.8) is 0 Å². The smallest absolute Gasteiger partial charge is 0.343 e. The first-order chi connectivity index (χ1) is 12.1. The van der Waals surface area contributed by atoms with Crippen LogP contribution in [0.1, 0.15) is 22.8 Å². The molecular weight excluding hydrogens is 345 g/mol. The lowest BCUT2D eigenvalue weighted by Gasteiger charge is -2.05. The summed E-state index contributed by atoms with van der Waals surface area (Å²) in [5.41, 5.74) is 0.921. The van der Waals surface area contributed by atoms with Crippen molar-refractivity contribution < 1.29 is 19.0 Å². The van der Waals surface area contributed by atoms with Crippen LogP contribution in [0.15, 0.2) is 30.5 Å². The predicted molar refractivity (Wildman–Crippen MR) is 97.3 cm³/mol. The second-order valence-electron chi connectivity index (χ2n) is 4.99. The van der Waals surface area contributed by atoms with Gasteiger partial charge in [-0.2, -0.15) is 16.9 Å². The summed E-state index contributed by atoms with van der Waals surface area (Å²) in [5.74, 6) is 0.949. The molecule has 0 amide bonds. The maximum atomic E-state index is 13.2. The minimum absolute atomic E-state index is 0.0847. The standard InChI is InChI=1S/C17H20FN3O3S/c1-3-24-17(23)14-10-20-21(16(14)19-2)7-4-8-25-11-12-9-13(18)5-6-15(12)22/h4-7,9-10,19,22H,3,8,11H2,1-2H3/b7-4-. The van der Waals surface area contributed by atoms with Crippen LogP contribution in [0.2, 0.25) is 0 Å². The van der Waals surface area contributed by atoms with E-state index in [4.69, 9.17) is 4.74 Å². The van der Waals surface area contributed by atoms with Crippen molar-refractivity contribution in [2.45, 2.75) is 12.7 Å². The Hall–Kier alpha value is -2.48. The van der Waals surface area contributed by atoms with Gasteiger partial charge in [0.05, 0.1) is 12.8 Å². The van der Waals surface area contributed by atoms with Crippen molar-refractivity contribution in [2.75, 3.05) is 24.7 Å². The molecule has 0 aliphatic rings. The summed E-state index contributed by atoms with van der Waals surface area (Å²) in [6.07, 6.45) is 5.04. The van der Waals surface area contributed by atoms with Crippen LogP contribution in [-0.2, 0) is 10.5 Å². The molecule has 6 nitrogen and oxygen atoms in total. The Morgan fingerprint density at radius 2 is 2.32 bits per heavy atom. The number of benzene rings is 1. The highest BCUT2D eigenvalue weighted by atomic mass is 32.2. The number of phenols is 1. The fourth-order valence-electron chi connectivity index (χ4n) is 2.13. The first-order valence-corrected chi connectivity index (χ1v) is 8.86. The molecule has 1 heterocycles. The first kappa shape index (κ1) is 18.9. The number of ether oxygens (including phenoxy) is 1. The lowest BCUT2D eigenvalue weighted by Crippen LogP contribution is -2.08.